The van der Waals surface area contributed by atoms with Gasteiger partial charge in [-0.15, -0.1) is 0 Å². The molecule has 1 fully saturated rings. The highest BCUT2D eigenvalue weighted by Crippen LogP contribution is 2.30. The molecule has 1 aromatic rings. The van der Waals surface area contributed by atoms with E-state index in [1.54, 1.807) is 0 Å². The summed E-state index contributed by atoms with van der Waals surface area (Å²) in [5.41, 5.74) is 2.01. The second-order valence-corrected chi connectivity index (χ2v) is 5.97. The van der Waals surface area contributed by atoms with Crippen LogP contribution < -0.4 is 15.0 Å². The number of rotatable bonds is 6. The van der Waals surface area contributed by atoms with Gasteiger partial charge in [0.05, 0.1) is 12.3 Å². The zero-order valence-corrected chi connectivity index (χ0v) is 13.1. The van der Waals surface area contributed by atoms with Crippen LogP contribution in [-0.2, 0) is 12.8 Å². The fourth-order valence-corrected chi connectivity index (χ4v) is 2.91. The third-order valence-electron chi connectivity index (χ3n) is 4.31. The SMILES string of the molecule is OC[C@H](O)[C@@H](O)COc1nc(N2CCNCC2)nc2c1CCC2. The summed E-state index contributed by atoms with van der Waals surface area (Å²) in [6, 6.07) is 0. The Morgan fingerprint density at radius 2 is 1.91 bits per heavy atom. The van der Waals surface area contributed by atoms with Crippen molar-refractivity contribution >= 4 is 5.95 Å². The first-order chi connectivity index (χ1) is 11.2. The molecular weight excluding hydrogens is 300 g/mol. The molecule has 4 N–H and O–H groups in total. The number of aromatic nitrogens is 2. The van der Waals surface area contributed by atoms with Gasteiger partial charge in [-0.05, 0) is 19.3 Å². The minimum absolute atomic E-state index is 0.105. The van der Waals surface area contributed by atoms with Crippen LogP contribution in [0, 0.1) is 0 Å². The lowest BCUT2D eigenvalue weighted by Crippen LogP contribution is -2.44. The summed E-state index contributed by atoms with van der Waals surface area (Å²) in [5.74, 6) is 1.16. The van der Waals surface area contributed by atoms with E-state index in [0.717, 1.165) is 56.7 Å². The van der Waals surface area contributed by atoms with E-state index in [1.807, 2.05) is 0 Å². The highest BCUT2D eigenvalue weighted by atomic mass is 16.5. The van der Waals surface area contributed by atoms with E-state index < -0.39 is 18.8 Å². The normalized spacial score (nSPS) is 20.2. The van der Waals surface area contributed by atoms with Crippen LogP contribution >= 0.6 is 0 Å². The van der Waals surface area contributed by atoms with Gasteiger partial charge in [0.15, 0.2) is 0 Å². The van der Waals surface area contributed by atoms with Crippen molar-refractivity contribution in [3.05, 3.63) is 11.3 Å². The number of aliphatic hydroxyl groups excluding tert-OH is 3. The van der Waals surface area contributed by atoms with Gasteiger partial charge >= 0.3 is 0 Å². The fraction of sp³-hybridized carbons (Fsp3) is 0.733. The van der Waals surface area contributed by atoms with Crippen LogP contribution in [0.3, 0.4) is 0 Å². The topological polar surface area (TPSA) is 111 Å². The van der Waals surface area contributed by atoms with Crippen molar-refractivity contribution in [3.63, 3.8) is 0 Å². The Labute approximate surface area is 135 Å². The van der Waals surface area contributed by atoms with Gasteiger partial charge in [-0.2, -0.15) is 4.98 Å². The first kappa shape index (κ1) is 16.4. The highest BCUT2D eigenvalue weighted by molar-refractivity contribution is 5.42. The monoisotopic (exact) mass is 324 g/mol. The van der Waals surface area contributed by atoms with Gasteiger partial charge in [0.1, 0.15) is 18.8 Å². The molecule has 1 aliphatic carbocycles. The summed E-state index contributed by atoms with van der Waals surface area (Å²) in [4.78, 5) is 11.3. The molecule has 1 aromatic heterocycles. The molecular formula is C15H24N4O4. The summed E-state index contributed by atoms with van der Waals surface area (Å²) in [7, 11) is 0. The van der Waals surface area contributed by atoms with E-state index in [1.165, 1.54) is 0 Å². The molecule has 2 aliphatic rings. The number of hydrogen-bond donors (Lipinski definition) is 4. The van der Waals surface area contributed by atoms with Gasteiger partial charge in [0.25, 0.3) is 0 Å². The predicted octanol–water partition coefficient (Wildman–Crippen LogP) is -1.53. The lowest BCUT2D eigenvalue weighted by Gasteiger charge is -2.28. The zero-order valence-electron chi connectivity index (χ0n) is 13.1. The Morgan fingerprint density at radius 3 is 2.65 bits per heavy atom. The molecule has 2 heterocycles. The average molecular weight is 324 g/mol. The second kappa shape index (κ2) is 7.39. The van der Waals surface area contributed by atoms with Crippen LogP contribution in [-0.4, -0.2) is 76.9 Å². The summed E-state index contributed by atoms with van der Waals surface area (Å²) >= 11 is 0. The van der Waals surface area contributed by atoms with Crippen molar-refractivity contribution in [1.29, 1.82) is 0 Å². The Hall–Kier alpha value is -1.48. The molecule has 0 spiro atoms. The predicted molar refractivity (Wildman–Crippen MR) is 83.7 cm³/mol. The number of aryl methyl sites for hydroxylation is 1. The highest BCUT2D eigenvalue weighted by Gasteiger charge is 2.24. The van der Waals surface area contributed by atoms with Gasteiger partial charge in [-0.3, -0.25) is 0 Å². The van der Waals surface area contributed by atoms with E-state index in [4.69, 9.17) is 9.84 Å². The van der Waals surface area contributed by atoms with Gasteiger partial charge in [-0.25, -0.2) is 4.98 Å². The number of anilines is 1. The number of piperazine rings is 1. The molecule has 8 heteroatoms. The average Bonchev–Trinajstić information content (AvgIpc) is 3.08. The largest absolute Gasteiger partial charge is 0.474 e. The molecule has 0 amide bonds. The standard InChI is InChI=1S/C15H24N4O4/c20-8-12(21)13(22)9-23-14-10-2-1-3-11(10)17-15(18-14)19-6-4-16-5-7-19/h12-13,16,20-22H,1-9H2/t12-,13-/m0/s1. The molecule has 0 unspecified atom stereocenters. The molecule has 8 nitrogen and oxygen atoms in total. The first-order valence-corrected chi connectivity index (χ1v) is 8.14. The fourth-order valence-electron chi connectivity index (χ4n) is 2.91. The van der Waals surface area contributed by atoms with Crippen molar-refractivity contribution in [2.75, 3.05) is 44.3 Å². The lowest BCUT2D eigenvalue weighted by molar-refractivity contribution is -0.0347. The molecule has 23 heavy (non-hydrogen) atoms. The zero-order chi connectivity index (χ0) is 16.2. The quantitative estimate of drug-likeness (QED) is 0.499. The Kier molecular flexibility index (Phi) is 5.27. The molecule has 0 bridgehead atoms. The summed E-state index contributed by atoms with van der Waals surface area (Å²) in [6.07, 6.45) is 0.445. The number of nitrogens with zero attached hydrogens (tertiary/aromatic N) is 3. The number of nitrogens with one attached hydrogen (secondary N) is 1. The van der Waals surface area contributed by atoms with Crippen molar-refractivity contribution in [3.8, 4) is 5.88 Å². The number of fused-ring (bicyclic) bond motifs is 1. The van der Waals surface area contributed by atoms with Gasteiger partial charge in [-0.1, -0.05) is 0 Å². The van der Waals surface area contributed by atoms with Gasteiger partial charge in [0.2, 0.25) is 11.8 Å². The van der Waals surface area contributed by atoms with Crippen LogP contribution in [0.25, 0.3) is 0 Å². The molecule has 128 valence electrons. The van der Waals surface area contributed by atoms with Crippen molar-refractivity contribution in [2.45, 2.75) is 31.5 Å². The minimum Gasteiger partial charge on any atom is -0.474 e. The molecule has 0 saturated carbocycles. The second-order valence-electron chi connectivity index (χ2n) is 5.97. The Balaban J connectivity index is 1.76. The molecule has 0 radical (unpaired) electrons. The maximum Gasteiger partial charge on any atom is 0.228 e. The first-order valence-electron chi connectivity index (χ1n) is 8.14. The van der Waals surface area contributed by atoms with Gasteiger partial charge < -0.3 is 30.3 Å². The third kappa shape index (κ3) is 3.72. The molecule has 2 atom stereocenters. The third-order valence-corrected chi connectivity index (χ3v) is 4.31. The van der Waals surface area contributed by atoms with E-state index in [2.05, 4.69) is 20.2 Å². The van der Waals surface area contributed by atoms with E-state index in [0.29, 0.717) is 11.8 Å². The van der Waals surface area contributed by atoms with E-state index >= 15 is 0 Å². The summed E-state index contributed by atoms with van der Waals surface area (Å²) < 4.78 is 5.65. The van der Waals surface area contributed by atoms with Crippen LogP contribution in [0.4, 0.5) is 5.95 Å². The number of hydrogen-bond acceptors (Lipinski definition) is 8. The van der Waals surface area contributed by atoms with Crippen LogP contribution in [0.1, 0.15) is 17.7 Å². The summed E-state index contributed by atoms with van der Waals surface area (Å²) in [5, 5.41) is 31.3. The van der Waals surface area contributed by atoms with Crippen LogP contribution in [0.2, 0.25) is 0 Å². The molecule has 1 saturated heterocycles. The molecule has 3 rings (SSSR count). The molecule has 1 aliphatic heterocycles. The van der Waals surface area contributed by atoms with E-state index in [-0.39, 0.29) is 6.61 Å². The maximum absolute atomic E-state index is 9.75. The van der Waals surface area contributed by atoms with Gasteiger partial charge in [0, 0.05) is 31.7 Å². The lowest BCUT2D eigenvalue weighted by atomic mass is 10.2. The summed E-state index contributed by atoms with van der Waals surface area (Å²) in [6.45, 7) is 2.90. The van der Waals surface area contributed by atoms with E-state index in [9.17, 15) is 10.2 Å². The number of aliphatic hydroxyl groups is 3. The Morgan fingerprint density at radius 1 is 1.13 bits per heavy atom. The minimum atomic E-state index is -1.21. The van der Waals surface area contributed by atoms with Crippen LogP contribution in [0.15, 0.2) is 0 Å². The smallest absolute Gasteiger partial charge is 0.228 e. The maximum atomic E-state index is 9.75. The van der Waals surface area contributed by atoms with Crippen LogP contribution in [0.5, 0.6) is 5.88 Å². The van der Waals surface area contributed by atoms with Crippen molar-refractivity contribution < 1.29 is 20.1 Å². The van der Waals surface area contributed by atoms with Crippen molar-refractivity contribution in [1.82, 2.24) is 15.3 Å². The van der Waals surface area contributed by atoms with Crippen molar-refractivity contribution in [2.24, 2.45) is 0 Å². The molecule has 0 aromatic carbocycles. The number of ether oxygens (including phenoxy) is 1. The Bertz CT molecular complexity index is 536.